The number of benzene rings is 2. The van der Waals surface area contributed by atoms with Gasteiger partial charge in [-0.2, -0.15) is 18.4 Å². The van der Waals surface area contributed by atoms with Crippen LogP contribution in [0, 0.1) is 17.1 Å². The largest absolute Gasteiger partial charge is 0.416 e. The molecule has 0 radical (unpaired) electrons. The van der Waals surface area contributed by atoms with Crippen molar-refractivity contribution in [2.24, 2.45) is 0 Å². The molecule has 0 saturated carbocycles. The standard InChI is InChI=1S/C20H17F4N3O/c21-18-5-4-14(12-25)10-16(18)13-26-6-8-27(9-7-26)19(28)15-2-1-3-17(11-15)20(22,23)24/h1-5,10-11H,6-9,13H2. The molecule has 1 saturated heterocycles. The molecule has 2 aromatic rings. The average molecular weight is 391 g/mol. The van der Waals surface area contributed by atoms with Crippen LogP contribution >= 0.6 is 0 Å². The summed E-state index contributed by atoms with van der Waals surface area (Å²) in [6.45, 7) is 1.87. The first-order valence-electron chi connectivity index (χ1n) is 8.65. The van der Waals surface area contributed by atoms with Gasteiger partial charge in [0.15, 0.2) is 0 Å². The van der Waals surface area contributed by atoms with Crippen LogP contribution < -0.4 is 0 Å². The summed E-state index contributed by atoms with van der Waals surface area (Å²) in [4.78, 5) is 16.0. The van der Waals surface area contributed by atoms with E-state index in [-0.39, 0.29) is 5.56 Å². The molecule has 1 aliphatic heterocycles. The lowest BCUT2D eigenvalue weighted by molar-refractivity contribution is -0.137. The number of hydrogen-bond acceptors (Lipinski definition) is 3. The van der Waals surface area contributed by atoms with E-state index >= 15 is 0 Å². The topological polar surface area (TPSA) is 47.3 Å². The molecular formula is C20H17F4N3O. The number of amides is 1. The van der Waals surface area contributed by atoms with Crippen molar-refractivity contribution in [3.05, 3.63) is 70.5 Å². The van der Waals surface area contributed by atoms with Crippen LogP contribution in [-0.2, 0) is 12.7 Å². The second kappa shape index (κ2) is 7.98. The molecule has 1 aliphatic rings. The fourth-order valence-corrected chi connectivity index (χ4v) is 3.13. The molecule has 0 N–H and O–H groups in total. The maximum Gasteiger partial charge on any atom is 0.416 e. The minimum atomic E-state index is -4.50. The second-order valence-electron chi connectivity index (χ2n) is 6.56. The van der Waals surface area contributed by atoms with Gasteiger partial charge in [0.25, 0.3) is 5.91 Å². The molecule has 8 heteroatoms. The van der Waals surface area contributed by atoms with Crippen LogP contribution in [0.4, 0.5) is 17.6 Å². The van der Waals surface area contributed by atoms with E-state index in [1.54, 1.807) is 0 Å². The third-order valence-corrected chi connectivity index (χ3v) is 4.67. The van der Waals surface area contributed by atoms with Gasteiger partial charge in [0.05, 0.1) is 17.2 Å². The molecule has 1 fully saturated rings. The number of nitrogens with zero attached hydrogens (tertiary/aromatic N) is 3. The minimum Gasteiger partial charge on any atom is -0.336 e. The Kier molecular flexibility index (Phi) is 5.66. The van der Waals surface area contributed by atoms with Crippen molar-refractivity contribution >= 4 is 5.91 Å². The van der Waals surface area contributed by atoms with Crippen LogP contribution in [0.2, 0.25) is 0 Å². The molecule has 0 spiro atoms. The molecule has 146 valence electrons. The lowest BCUT2D eigenvalue weighted by Crippen LogP contribution is -2.48. The summed E-state index contributed by atoms with van der Waals surface area (Å²) in [6.07, 6.45) is -4.50. The van der Waals surface area contributed by atoms with Gasteiger partial charge >= 0.3 is 6.18 Å². The van der Waals surface area contributed by atoms with E-state index in [4.69, 9.17) is 5.26 Å². The molecule has 0 aromatic heterocycles. The lowest BCUT2D eigenvalue weighted by Gasteiger charge is -2.35. The zero-order chi connectivity index (χ0) is 20.3. The normalized spacial score (nSPS) is 15.3. The number of piperazine rings is 1. The van der Waals surface area contributed by atoms with Gasteiger partial charge in [0.2, 0.25) is 0 Å². The Morgan fingerprint density at radius 2 is 1.79 bits per heavy atom. The van der Waals surface area contributed by atoms with E-state index in [1.807, 2.05) is 11.0 Å². The summed E-state index contributed by atoms with van der Waals surface area (Å²) in [7, 11) is 0. The van der Waals surface area contributed by atoms with Gasteiger partial charge in [-0.15, -0.1) is 0 Å². The predicted octanol–water partition coefficient (Wildman–Crippen LogP) is 3.67. The Bertz CT molecular complexity index is 912. The molecule has 0 atom stereocenters. The molecular weight excluding hydrogens is 374 g/mol. The van der Waals surface area contributed by atoms with E-state index < -0.39 is 23.5 Å². The second-order valence-corrected chi connectivity index (χ2v) is 6.56. The number of nitriles is 1. The highest BCUT2D eigenvalue weighted by atomic mass is 19.4. The summed E-state index contributed by atoms with van der Waals surface area (Å²) in [5.74, 6) is -0.857. The molecule has 0 bridgehead atoms. The maximum absolute atomic E-state index is 13.9. The van der Waals surface area contributed by atoms with Crippen LogP contribution in [0.15, 0.2) is 42.5 Å². The first-order chi connectivity index (χ1) is 13.3. The monoisotopic (exact) mass is 391 g/mol. The van der Waals surface area contributed by atoms with E-state index in [9.17, 15) is 22.4 Å². The van der Waals surface area contributed by atoms with Gasteiger partial charge in [-0.05, 0) is 36.4 Å². The summed E-state index contributed by atoms with van der Waals surface area (Å²) in [6, 6.07) is 10.5. The SMILES string of the molecule is N#Cc1ccc(F)c(CN2CCN(C(=O)c3cccc(C(F)(F)F)c3)CC2)c1. The summed E-state index contributed by atoms with van der Waals surface area (Å²) in [5.41, 5.74) is -0.0904. The zero-order valence-corrected chi connectivity index (χ0v) is 14.8. The Hall–Kier alpha value is -2.92. The summed E-state index contributed by atoms with van der Waals surface area (Å²) < 4.78 is 52.4. The van der Waals surface area contributed by atoms with Crippen LogP contribution in [0.1, 0.15) is 27.0 Å². The predicted molar refractivity (Wildman–Crippen MR) is 93.7 cm³/mol. The van der Waals surface area contributed by atoms with E-state index in [2.05, 4.69) is 0 Å². The minimum absolute atomic E-state index is 0.00367. The van der Waals surface area contributed by atoms with Gasteiger partial charge in [-0.1, -0.05) is 6.07 Å². The van der Waals surface area contributed by atoms with Crippen molar-refractivity contribution in [3.8, 4) is 6.07 Å². The number of hydrogen-bond donors (Lipinski definition) is 0. The van der Waals surface area contributed by atoms with Gasteiger partial charge < -0.3 is 4.90 Å². The fraction of sp³-hybridized carbons (Fsp3) is 0.300. The van der Waals surface area contributed by atoms with Crippen LogP contribution in [0.5, 0.6) is 0 Å². The van der Waals surface area contributed by atoms with Crippen LogP contribution in [0.3, 0.4) is 0 Å². The lowest BCUT2D eigenvalue weighted by atomic mass is 10.1. The summed E-state index contributed by atoms with van der Waals surface area (Å²) >= 11 is 0. The first kappa shape index (κ1) is 19.8. The average Bonchev–Trinajstić information content (AvgIpc) is 2.69. The van der Waals surface area contributed by atoms with E-state index in [0.717, 1.165) is 12.1 Å². The zero-order valence-electron chi connectivity index (χ0n) is 14.8. The van der Waals surface area contributed by atoms with E-state index in [1.165, 1.54) is 35.2 Å². The third kappa shape index (κ3) is 4.49. The van der Waals surface area contributed by atoms with Crippen LogP contribution in [0.25, 0.3) is 0 Å². The fourth-order valence-electron chi connectivity index (χ4n) is 3.13. The Morgan fingerprint density at radius 1 is 1.07 bits per heavy atom. The third-order valence-electron chi connectivity index (χ3n) is 4.67. The Morgan fingerprint density at radius 3 is 2.43 bits per heavy atom. The van der Waals surface area contributed by atoms with Crippen molar-refractivity contribution in [1.82, 2.24) is 9.80 Å². The van der Waals surface area contributed by atoms with Gasteiger partial charge in [0, 0.05) is 43.9 Å². The van der Waals surface area contributed by atoms with Crippen molar-refractivity contribution < 1.29 is 22.4 Å². The maximum atomic E-state index is 13.9. The molecule has 1 amide bonds. The molecule has 1 heterocycles. The molecule has 0 unspecified atom stereocenters. The quantitative estimate of drug-likeness (QED) is 0.750. The highest BCUT2D eigenvalue weighted by Gasteiger charge is 2.31. The molecule has 4 nitrogen and oxygen atoms in total. The number of carbonyl (C=O) groups excluding carboxylic acids is 1. The van der Waals surface area contributed by atoms with E-state index in [0.29, 0.717) is 43.9 Å². The first-order valence-corrected chi connectivity index (χ1v) is 8.65. The van der Waals surface area contributed by atoms with Crippen molar-refractivity contribution in [1.29, 1.82) is 5.26 Å². The van der Waals surface area contributed by atoms with Crippen molar-refractivity contribution in [3.63, 3.8) is 0 Å². The van der Waals surface area contributed by atoms with Gasteiger partial charge in [0.1, 0.15) is 5.82 Å². The Balaban J connectivity index is 1.63. The molecule has 3 rings (SSSR count). The van der Waals surface area contributed by atoms with Crippen molar-refractivity contribution in [2.75, 3.05) is 26.2 Å². The molecule has 2 aromatic carbocycles. The van der Waals surface area contributed by atoms with Gasteiger partial charge in [-0.25, -0.2) is 4.39 Å². The molecule has 0 aliphatic carbocycles. The number of rotatable bonds is 3. The molecule has 28 heavy (non-hydrogen) atoms. The van der Waals surface area contributed by atoms with Gasteiger partial charge in [-0.3, -0.25) is 9.69 Å². The van der Waals surface area contributed by atoms with Crippen LogP contribution in [-0.4, -0.2) is 41.9 Å². The Labute approximate surface area is 159 Å². The highest BCUT2D eigenvalue weighted by molar-refractivity contribution is 5.94. The van der Waals surface area contributed by atoms with Crippen molar-refractivity contribution in [2.45, 2.75) is 12.7 Å². The highest BCUT2D eigenvalue weighted by Crippen LogP contribution is 2.29. The number of carbonyl (C=O) groups is 1. The number of halogens is 4. The summed E-state index contributed by atoms with van der Waals surface area (Å²) in [5, 5.41) is 8.93. The number of alkyl halides is 3. The smallest absolute Gasteiger partial charge is 0.336 e.